The van der Waals surface area contributed by atoms with Crippen molar-refractivity contribution in [3.8, 4) is 6.07 Å². The van der Waals surface area contributed by atoms with Crippen molar-refractivity contribution in [1.82, 2.24) is 0 Å². The van der Waals surface area contributed by atoms with Gasteiger partial charge in [0.25, 0.3) is 0 Å². The van der Waals surface area contributed by atoms with E-state index in [2.05, 4.69) is 6.07 Å². The van der Waals surface area contributed by atoms with Crippen molar-refractivity contribution < 1.29 is 19.4 Å². The normalized spacial score (nSPS) is 37.6. The van der Waals surface area contributed by atoms with Gasteiger partial charge in [-0.1, -0.05) is 0 Å². The van der Waals surface area contributed by atoms with E-state index in [4.69, 9.17) is 14.7 Å². The highest BCUT2D eigenvalue weighted by molar-refractivity contribution is 5.49. The van der Waals surface area contributed by atoms with E-state index in [0.29, 0.717) is 32.1 Å². The zero-order valence-corrected chi connectivity index (χ0v) is 11.1. The molecule has 0 aromatic carbocycles. The molecule has 2 saturated heterocycles. The van der Waals surface area contributed by atoms with Crippen LogP contribution in [-0.4, -0.2) is 41.9 Å². The first-order valence-corrected chi connectivity index (χ1v) is 6.99. The van der Waals surface area contributed by atoms with Gasteiger partial charge < -0.3 is 19.4 Å². The Balaban J connectivity index is 1.96. The number of ether oxygens (including phenoxy) is 2. The first kappa shape index (κ1) is 14.4. The maximum absolute atomic E-state index is 10.4. The molecule has 106 valence electrons. The third-order valence-electron chi connectivity index (χ3n) is 4.12. The number of nitrogens with zero attached hydrogens (tertiary/aromatic N) is 1. The molecule has 2 aliphatic heterocycles. The fraction of sp³-hybridized carbons (Fsp3) is 0.857. The Hall–Kier alpha value is -0.960. The van der Waals surface area contributed by atoms with Gasteiger partial charge in [0.15, 0.2) is 0 Å². The second kappa shape index (κ2) is 6.47. The molecule has 19 heavy (non-hydrogen) atoms. The van der Waals surface area contributed by atoms with E-state index in [-0.39, 0.29) is 24.9 Å². The molecule has 2 heterocycles. The Morgan fingerprint density at radius 1 is 1.37 bits per heavy atom. The van der Waals surface area contributed by atoms with Gasteiger partial charge in [-0.2, -0.15) is 5.26 Å². The van der Waals surface area contributed by atoms with Crippen LogP contribution in [0.4, 0.5) is 0 Å². The lowest BCUT2D eigenvalue weighted by Crippen LogP contribution is -2.51. The monoisotopic (exact) mass is 267 g/mol. The molecule has 0 radical (unpaired) electrons. The zero-order valence-electron chi connectivity index (χ0n) is 11.1. The van der Waals surface area contributed by atoms with Gasteiger partial charge in [0, 0.05) is 19.3 Å². The summed E-state index contributed by atoms with van der Waals surface area (Å²) in [4.78, 5) is 10.4. The van der Waals surface area contributed by atoms with Crippen LogP contribution in [0.25, 0.3) is 0 Å². The molecule has 0 spiro atoms. The summed E-state index contributed by atoms with van der Waals surface area (Å²) in [6.45, 7) is -0.0572. The van der Waals surface area contributed by atoms with Crippen LogP contribution >= 0.6 is 0 Å². The van der Waals surface area contributed by atoms with Crippen molar-refractivity contribution >= 4 is 6.29 Å². The second-order valence-electron chi connectivity index (χ2n) is 5.43. The third-order valence-corrected chi connectivity index (χ3v) is 4.12. The smallest absolute Gasteiger partial charge is 0.120 e. The summed E-state index contributed by atoms with van der Waals surface area (Å²) in [6.07, 6.45) is 5.59. The minimum atomic E-state index is -0.619. The van der Waals surface area contributed by atoms with E-state index in [9.17, 15) is 9.90 Å². The highest BCUT2D eigenvalue weighted by atomic mass is 16.6. The minimum Gasteiger partial charge on any atom is -0.393 e. The van der Waals surface area contributed by atoms with E-state index in [1.807, 2.05) is 0 Å². The summed E-state index contributed by atoms with van der Waals surface area (Å²) in [5.74, 6) is 0. The highest BCUT2D eigenvalue weighted by Gasteiger charge is 2.52. The number of aldehydes is 1. The number of fused-ring (bicyclic) bond motifs is 1. The van der Waals surface area contributed by atoms with Crippen LogP contribution in [0.2, 0.25) is 0 Å². The molecule has 4 atom stereocenters. The van der Waals surface area contributed by atoms with E-state index in [1.165, 1.54) is 0 Å². The fourth-order valence-corrected chi connectivity index (χ4v) is 3.16. The zero-order chi connectivity index (χ0) is 13.7. The van der Waals surface area contributed by atoms with Gasteiger partial charge in [-0.05, 0) is 25.7 Å². The number of carbonyl (C=O) groups excluding carboxylic acids is 1. The minimum absolute atomic E-state index is 0.00272. The predicted molar refractivity (Wildman–Crippen MR) is 67.3 cm³/mol. The number of hydrogen-bond acceptors (Lipinski definition) is 5. The van der Waals surface area contributed by atoms with Gasteiger partial charge in [-0.15, -0.1) is 0 Å². The van der Waals surface area contributed by atoms with E-state index >= 15 is 0 Å². The van der Waals surface area contributed by atoms with E-state index in [1.54, 1.807) is 0 Å². The number of hydrogen-bond donors (Lipinski definition) is 1. The second-order valence-corrected chi connectivity index (χ2v) is 5.43. The molecular weight excluding hydrogens is 246 g/mol. The predicted octanol–water partition coefficient (Wildman–Crippen LogP) is 1.34. The first-order chi connectivity index (χ1) is 9.24. The topological polar surface area (TPSA) is 79.5 Å². The molecular formula is C14H21NO4. The van der Waals surface area contributed by atoms with Gasteiger partial charge in [-0.25, -0.2) is 0 Å². The molecule has 0 aliphatic carbocycles. The molecule has 0 bridgehead atoms. The van der Waals surface area contributed by atoms with Crippen molar-refractivity contribution in [2.45, 2.75) is 68.9 Å². The lowest BCUT2D eigenvalue weighted by Gasteiger charge is -2.40. The number of aliphatic hydroxyl groups is 1. The van der Waals surface area contributed by atoms with Crippen LogP contribution in [0, 0.1) is 11.3 Å². The summed E-state index contributed by atoms with van der Waals surface area (Å²) >= 11 is 0. The summed E-state index contributed by atoms with van der Waals surface area (Å²) in [5, 5.41) is 18.3. The molecule has 0 aromatic rings. The van der Waals surface area contributed by atoms with Crippen molar-refractivity contribution in [2.24, 2.45) is 0 Å². The Bertz CT molecular complexity index is 354. The molecule has 4 unspecified atom stereocenters. The summed E-state index contributed by atoms with van der Waals surface area (Å²) < 4.78 is 12.0. The van der Waals surface area contributed by atoms with Crippen molar-refractivity contribution in [1.29, 1.82) is 5.26 Å². The molecule has 5 nitrogen and oxygen atoms in total. The van der Waals surface area contributed by atoms with Gasteiger partial charge in [-0.3, -0.25) is 0 Å². The van der Waals surface area contributed by atoms with Gasteiger partial charge in [0.1, 0.15) is 11.9 Å². The summed E-state index contributed by atoms with van der Waals surface area (Å²) in [6, 6.07) is 2.13. The van der Waals surface area contributed by atoms with Crippen LogP contribution in [0.15, 0.2) is 0 Å². The van der Waals surface area contributed by atoms with Crippen LogP contribution < -0.4 is 0 Å². The molecule has 0 aromatic heterocycles. The molecule has 5 heteroatoms. The molecule has 0 saturated carbocycles. The van der Waals surface area contributed by atoms with E-state index < -0.39 is 5.60 Å². The molecule has 0 amide bonds. The Morgan fingerprint density at radius 2 is 2.21 bits per heavy atom. The van der Waals surface area contributed by atoms with Crippen molar-refractivity contribution in [3.05, 3.63) is 0 Å². The lowest BCUT2D eigenvalue weighted by molar-refractivity contribution is -0.183. The fourth-order valence-electron chi connectivity index (χ4n) is 3.16. The van der Waals surface area contributed by atoms with Crippen LogP contribution in [0.3, 0.4) is 0 Å². The largest absolute Gasteiger partial charge is 0.393 e. The number of aliphatic hydroxyl groups excluding tert-OH is 1. The van der Waals surface area contributed by atoms with Gasteiger partial charge >= 0.3 is 0 Å². The van der Waals surface area contributed by atoms with Crippen molar-refractivity contribution in [2.75, 3.05) is 6.61 Å². The molecule has 1 N–H and O–H groups in total. The number of nitriles is 1. The average molecular weight is 267 g/mol. The quantitative estimate of drug-likeness (QED) is 0.734. The van der Waals surface area contributed by atoms with Gasteiger partial charge in [0.2, 0.25) is 0 Å². The Morgan fingerprint density at radius 3 is 2.89 bits per heavy atom. The third kappa shape index (κ3) is 3.14. The molecule has 2 rings (SSSR count). The van der Waals surface area contributed by atoms with Crippen LogP contribution in [-0.2, 0) is 14.3 Å². The first-order valence-electron chi connectivity index (χ1n) is 6.99. The maximum atomic E-state index is 10.4. The lowest BCUT2D eigenvalue weighted by atomic mass is 9.86. The highest BCUT2D eigenvalue weighted by Crippen LogP contribution is 2.43. The molecule has 2 aliphatic rings. The summed E-state index contributed by atoms with van der Waals surface area (Å²) in [7, 11) is 0. The average Bonchev–Trinajstić information content (AvgIpc) is 2.81. The SMILES string of the molecule is N#CCCC1CCC2OC(CCC=O)CC2(CO)O1. The standard InChI is InChI=1S/C14H21NO4/c15-7-1-3-11-5-6-13-14(10-17,19-11)9-12(18-13)4-2-8-16/h8,11-13,17H,1-6,9-10H2. The maximum Gasteiger partial charge on any atom is 0.120 e. The number of rotatable bonds is 6. The molecule has 2 fully saturated rings. The Labute approximate surface area is 113 Å². The van der Waals surface area contributed by atoms with E-state index in [0.717, 1.165) is 19.1 Å². The summed E-state index contributed by atoms with van der Waals surface area (Å²) in [5.41, 5.74) is -0.619. The Kier molecular flexibility index (Phi) is 4.92. The van der Waals surface area contributed by atoms with Gasteiger partial charge in [0.05, 0.1) is 31.0 Å². The van der Waals surface area contributed by atoms with Crippen LogP contribution in [0.1, 0.15) is 44.9 Å². The van der Waals surface area contributed by atoms with Crippen LogP contribution in [0.5, 0.6) is 0 Å². The van der Waals surface area contributed by atoms with Crippen molar-refractivity contribution in [3.63, 3.8) is 0 Å². The number of carbonyl (C=O) groups is 1.